The fraction of sp³-hybridized carbons (Fsp3) is 1.00. The van der Waals surface area contributed by atoms with Crippen LogP contribution >= 0.6 is 0 Å². The summed E-state index contributed by atoms with van der Waals surface area (Å²) >= 11 is 1.62. The number of hydrogen-bond acceptors (Lipinski definition) is 1. The molecule has 0 unspecified atom stereocenters. The van der Waals surface area contributed by atoms with Crippen molar-refractivity contribution < 1.29 is 0 Å². The van der Waals surface area contributed by atoms with E-state index >= 15 is 0 Å². The van der Waals surface area contributed by atoms with E-state index in [0.717, 1.165) is 5.41 Å². The third-order valence-corrected chi connectivity index (χ3v) is 3.62. The zero-order chi connectivity index (χ0) is 6.32. The third kappa shape index (κ3) is 1.02. The molecule has 0 amide bonds. The maximum absolute atomic E-state index is 2.53. The summed E-state index contributed by atoms with van der Waals surface area (Å²) in [5, 5.41) is 0. The SMILES string of the molecule is [Sn][N]1CC2(CCCC2)C1. The second-order valence-electron chi connectivity index (χ2n) is 3.56. The van der Waals surface area contributed by atoms with E-state index in [2.05, 4.69) is 3.12 Å². The van der Waals surface area contributed by atoms with Gasteiger partial charge in [-0.1, -0.05) is 0 Å². The summed E-state index contributed by atoms with van der Waals surface area (Å²) in [5.74, 6) is 0. The van der Waals surface area contributed by atoms with E-state index in [9.17, 15) is 0 Å². The van der Waals surface area contributed by atoms with Crippen LogP contribution in [0.3, 0.4) is 0 Å². The minimum absolute atomic E-state index is 0.837. The van der Waals surface area contributed by atoms with Gasteiger partial charge in [-0.2, -0.15) is 0 Å². The van der Waals surface area contributed by atoms with Gasteiger partial charge >= 0.3 is 70.1 Å². The van der Waals surface area contributed by atoms with Gasteiger partial charge in [0.05, 0.1) is 0 Å². The van der Waals surface area contributed by atoms with Gasteiger partial charge in [-0.25, -0.2) is 0 Å². The maximum atomic E-state index is 2.53. The van der Waals surface area contributed by atoms with E-state index < -0.39 is 0 Å². The molecule has 1 saturated carbocycles. The number of rotatable bonds is 0. The van der Waals surface area contributed by atoms with Crippen LogP contribution in [0.2, 0.25) is 0 Å². The molecular formula is C7H12NSn. The number of nitrogens with zero attached hydrogens (tertiary/aromatic N) is 1. The summed E-state index contributed by atoms with van der Waals surface area (Å²) in [6.07, 6.45) is 6.06. The van der Waals surface area contributed by atoms with Crippen molar-refractivity contribution in [3.8, 4) is 0 Å². The molecule has 1 nitrogen and oxygen atoms in total. The Balaban J connectivity index is 1.95. The van der Waals surface area contributed by atoms with Gasteiger partial charge in [-0.3, -0.25) is 0 Å². The Morgan fingerprint density at radius 1 is 1.11 bits per heavy atom. The molecule has 0 aromatic rings. The Bertz CT molecular complexity index is 110. The summed E-state index contributed by atoms with van der Waals surface area (Å²) in [6, 6.07) is 0. The standard InChI is InChI=1S/C7H12N.Sn/c1-2-4-7(3-1)5-8-6-7;/h1-6H2;/q-1;+1. The molecule has 2 fully saturated rings. The average molecular weight is 229 g/mol. The molecule has 2 rings (SSSR count). The Kier molecular flexibility index (Phi) is 1.53. The monoisotopic (exact) mass is 230 g/mol. The minimum atomic E-state index is 0.837. The molecule has 1 saturated heterocycles. The first kappa shape index (κ1) is 6.47. The first-order chi connectivity index (χ1) is 4.31. The molecular weight excluding hydrogens is 217 g/mol. The Morgan fingerprint density at radius 3 is 2.11 bits per heavy atom. The Hall–Kier alpha value is 0.759. The van der Waals surface area contributed by atoms with Gasteiger partial charge in [-0.05, 0) is 0 Å². The van der Waals surface area contributed by atoms with Crippen LogP contribution in [0.4, 0.5) is 0 Å². The van der Waals surface area contributed by atoms with Crippen molar-refractivity contribution in [1.29, 1.82) is 0 Å². The van der Waals surface area contributed by atoms with Gasteiger partial charge in [-0.15, -0.1) is 0 Å². The van der Waals surface area contributed by atoms with Gasteiger partial charge in [0.2, 0.25) is 0 Å². The zero-order valence-corrected chi connectivity index (χ0v) is 8.54. The quantitative estimate of drug-likeness (QED) is 0.559. The summed E-state index contributed by atoms with van der Waals surface area (Å²) < 4.78 is 2.53. The predicted molar refractivity (Wildman–Crippen MR) is 38.2 cm³/mol. The van der Waals surface area contributed by atoms with Crippen LogP contribution in [0.1, 0.15) is 25.7 Å². The second-order valence-corrected chi connectivity index (χ2v) is 5.37. The summed E-state index contributed by atoms with van der Waals surface area (Å²) in [7, 11) is 0. The fourth-order valence-corrected chi connectivity index (χ4v) is 4.12. The normalized spacial score (nSPS) is 33.0. The summed E-state index contributed by atoms with van der Waals surface area (Å²) in [6.45, 7) is 2.84. The fourth-order valence-electron chi connectivity index (χ4n) is 2.20. The van der Waals surface area contributed by atoms with Crippen LogP contribution in [-0.4, -0.2) is 39.0 Å². The van der Waals surface area contributed by atoms with E-state index in [1.165, 1.54) is 38.8 Å². The topological polar surface area (TPSA) is 3.24 Å². The molecule has 0 aromatic heterocycles. The third-order valence-electron chi connectivity index (χ3n) is 2.72. The van der Waals surface area contributed by atoms with E-state index in [-0.39, 0.29) is 0 Å². The molecule has 2 aliphatic rings. The van der Waals surface area contributed by atoms with Crippen molar-refractivity contribution in [3.05, 3.63) is 0 Å². The van der Waals surface area contributed by atoms with Crippen molar-refractivity contribution in [3.63, 3.8) is 0 Å². The molecule has 0 aromatic carbocycles. The molecule has 49 valence electrons. The van der Waals surface area contributed by atoms with Gasteiger partial charge in [0.1, 0.15) is 0 Å². The van der Waals surface area contributed by atoms with Gasteiger partial charge in [0.15, 0.2) is 0 Å². The molecule has 0 N–H and O–H groups in total. The van der Waals surface area contributed by atoms with Crippen LogP contribution in [0.25, 0.3) is 0 Å². The first-order valence-electron chi connectivity index (χ1n) is 3.77. The second kappa shape index (κ2) is 2.12. The summed E-state index contributed by atoms with van der Waals surface area (Å²) in [5.41, 5.74) is 0.837. The molecule has 9 heavy (non-hydrogen) atoms. The van der Waals surface area contributed by atoms with Crippen LogP contribution in [0.5, 0.6) is 0 Å². The predicted octanol–water partition coefficient (Wildman–Crippen LogP) is 0.946. The first-order valence-corrected chi connectivity index (χ1v) is 5.05. The van der Waals surface area contributed by atoms with Crippen LogP contribution in [-0.2, 0) is 0 Å². The zero-order valence-electron chi connectivity index (χ0n) is 5.69. The molecule has 0 atom stereocenters. The summed E-state index contributed by atoms with van der Waals surface area (Å²) in [4.78, 5) is 0. The van der Waals surface area contributed by atoms with Crippen molar-refractivity contribution in [2.45, 2.75) is 25.7 Å². The van der Waals surface area contributed by atoms with E-state index in [4.69, 9.17) is 0 Å². The van der Waals surface area contributed by atoms with E-state index in [1.54, 1.807) is 22.8 Å². The molecule has 2 heteroatoms. The van der Waals surface area contributed by atoms with Crippen molar-refractivity contribution in [2.24, 2.45) is 5.41 Å². The molecule has 3 radical (unpaired) electrons. The van der Waals surface area contributed by atoms with E-state index in [1.807, 2.05) is 0 Å². The number of hydrogen-bond donors (Lipinski definition) is 0. The van der Waals surface area contributed by atoms with Crippen molar-refractivity contribution >= 4 is 22.8 Å². The molecule has 0 bridgehead atoms. The molecule has 1 spiro atoms. The Labute approximate surface area is 70.2 Å². The van der Waals surface area contributed by atoms with E-state index in [0.29, 0.717) is 0 Å². The van der Waals surface area contributed by atoms with Gasteiger partial charge < -0.3 is 0 Å². The average Bonchev–Trinajstić information content (AvgIpc) is 2.12. The Morgan fingerprint density at radius 2 is 1.67 bits per heavy atom. The van der Waals surface area contributed by atoms with Crippen molar-refractivity contribution in [2.75, 3.05) is 13.1 Å². The van der Waals surface area contributed by atoms with Crippen LogP contribution < -0.4 is 0 Å². The van der Waals surface area contributed by atoms with Gasteiger partial charge in [0.25, 0.3) is 0 Å². The molecule has 1 heterocycles. The van der Waals surface area contributed by atoms with Gasteiger partial charge in [0, 0.05) is 0 Å². The van der Waals surface area contributed by atoms with Crippen LogP contribution in [0.15, 0.2) is 0 Å². The van der Waals surface area contributed by atoms with Crippen molar-refractivity contribution in [1.82, 2.24) is 3.12 Å². The van der Waals surface area contributed by atoms with Crippen LogP contribution in [0, 0.1) is 5.41 Å². The molecule has 1 aliphatic heterocycles. The molecule has 1 aliphatic carbocycles.